The molecular weight excluding hydrogens is 289 g/mol. The molecule has 3 rings (SSSR count). The van der Waals surface area contributed by atoms with Gasteiger partial charge >= 0.3 is 6.03 Å². The van der Waals surface area contributed by atoms with Crippen molar-refractivity contribution in [1.82, 2.24) is 10.6 Å². The number of halogens is 1. The summed E-state index contributed by atoms with van der Waals surface area (Å²) in [5.41, 5.74) is 0.398. The van der Waals surface area contributed by atoms with Crippen molar-refractivity contribution in [3.05, 3.63) is 29.3 Å². The third kappa shape index (κ3) is 2.76. The number of anilines is 1. The zero-order valence-corrected chi connectivity index (χ0v) is 12.0. The molecule has 1 aliphatic heterocycles. The Labute approximate surface area is 127 Å². The summed E-state index contributed by atoms with van der Waals surface area (Å²) >= 11 is 0. The molecule has 0 aromatic heterocycles. The van der Waals surface area contributed by atoms with Crippen LogP contribution in [0.15, 0.2) is 18.2 Å². The first-order valence-corrected chi connectivity index (χ1v) is 7.25. The number of carbonyl (C=O) groups excluding carboxylic acids is 2. The average Bonchev–Trinajstić information content (AvgIpc) is 2.85. The summed E-state index contributed by atoms with van der Waals surface area (Å²) in [5, 5.41) is 16.8. The second-order valence-electron chi connectivity index (χ2n) is 5.93. The SMILES string of the molecule is O=C(NCC1(F)CC(CO)C1)Nc1cccc2c1CNC2=O. The van der Waals surface area contributed by atoms with Gasteiger partial charge in [0.05, 0.1) is 6.54 Å². The van der Waals surface area contributed by atoms with Crippen LogP contribution in [0.3, 0.4) is 0 Å². The number of aliphatic hydroxyl groups excluding tert-OH is 1. The Morgan fingerprint density at radius 1 is 1.45 bits per heavy atom. The average molecular weight is 307 g/mol. The Morgan fingerprint density at radius 2 is 2.23 bits per heavy atom. The maximum atomic E-state index is 14.1. The minimum Gasteiger partial charge on any atom is -0.396 e. The van der Waals surface area contributed by atoms with Gasteiger partial charge in [0, 0.05) is 30.0 Å². The summed E-state index contributed by atoms with van der Waals surface area (Å²) < 4.78 is 14.1. The lowest BCUT2D eigenvalue weighted by atomic mass is 9.73. The van der Waals surface area contributed by atoms with Crippen LogP contribution in [0.25, 0.3) is 0 Å². The van der Waals surface area contributed by atoms with E-state index in [2.05, 4.69) is 16.0 Å². The lowest BCUT2D eigenvalue weighted by molar-refractivity contribution is -0.0147. The molecule has 118 valence electrons. The summed E-state index contributed by atoms with van der Waals surface area (Å²) in [6.07, 6.45) is 0.534. The Kier molecular flexibility index (Phi) is 3.74. The van der Waals surface area contributed by atoms with E-state index in [-0.39, 0.29) is 37.8 Å². The van der Waals surface area contributed by atoms with Gasteiger partial charge in [-0.25, -0.2) is 9.18 Å². The molecular formula is C15H18FN3O3. The molecule has 6 nitrogen and oxygen atoms in total. The molecule has 1 aromatic rings. The first kappa shape index (κ1) is 14.8. The van der Waals surface area contributed by atoms with Crippen LogP contribution in [-0.2, 0) is 6.54 Å². The van der Waals surface area contributed by atoms with E-state index in [0.717, 1.165) is 5.56 Å². The maximum absolute atomic E-state index is 14.1. The number of rotatable bonds is 4. The predicted octanol–water partition coefficient (Wildman–Crippen LogP) is 1.16. The molecule has 2 aliphatic rings. The number of hydrogen-bond donors (Lipinski definition) is 4. The van der Waals surface area contributed by atoms with Crippen LogP contribution in [0, 0.1) is 5.92 Å². The second kappa shape index (κ2) is 5.57. The Balaban J connectivity index is 1.56. The molecule has 0 atom stereocenters. The van der Waals surface area contributed by atoms with E-state index in [0.29, 0.717) is 17.8 Å². The number of amides is 3. The van der Waals surface area contributed by atoms with Crippen molar-refractivity contribution in [2.24, 2.45) is 5.92 Å². The van der Waals surface area contributed by atoms with E-state index >= 15 is 0 Å². The van der Waals surface area contributed by atoms with E-state index in [9.17, 15) is 14.0 Å². The number of nitrogens with one attached hydrogen (secondary N) is 3. The zero-order valence-electron chi connectivity index (χ0n) is 12.0. The highest BCUT2D eigenvalue weighted by atomic mass is 19.1. The van der Waals surface area contributed by atoms with Crippen molar-refractivity contribution in [2.75, 3.05) is 18.5 Å². The van der Waals surface area contributed by atoms with Gasteiger partial charge in [0.2, 0.25) is 0 Å². The largest absolute Gasteiger partial charge is 0.396 e. The standard InChI is InChI=1S/C15H18FN3O3/c16-15(4-9(5-15)7-20)8-18-14(22)19-12-3-1-2-10-11(12)6-17-13(10)21/h1-3,9,20H,4-8H2,(H,17,21)(H2,18,19,22). The quantitative estimate of drug-likeness (QED) is 0.673. The normalized spacial score (nSPS) is 25.9. The van der Waals surface area contributed by atoms with E-state index in [4.69, 9.17) is 5.11 Å². The summed E-state index contributed by atoms with van der Waals surface area (Å²) in [6, 6.07) is 4.58. The molecule has 1 fully saturated rings. The summed E-state index contributed by atoms with van der Waals surface area (Å²) in [7, 11) is 0. The van der Waals surface area contributed by atoms with Gasteiger partial charge in [0.25, 0.3) is 5.91 Å². The second-order valence-corrected chi connectivity index (χ2v) is 5.93. The van der Waals surface area contributed by atoms with Gasteiger partial charge in [0.1, 0.15) is 5.67 Å². The van der Waals surface area contributed by atoms with Crippen molar-refractivity contribution >= 4 is 17.6 Å². The molecule has 0 spiro atoms. The third-order valence-electron chi connectivity index (χ3n) is 4.23. The summed E-state index contributed by atoms with van der Waals surface area (Å²) in [6.45, 7) is 0.270. The van der Waals surface area contributed by atoms with Crippen molar-refractivity contribution in [3.63, 3.8) is 0 Å². The Bertz CT molecular complexity index is 614. The number of benzene rings is 1. The minimum absolute atomic E-state index is 0.00987. The third-order valence-corrected chi connectivity index (χ3v) is 4.23. The summed E-state index contributed by atoms with van der Waals surface area (Å²) in [4.78, 5) is 23.4. The number of urea groups is 1. The highest BCUT2D eigenvalue weighted by molar-refractivity contribution is 6.01. The molecule has 1 heterocycles. The molecule has 0 saturated heterocycles. The first-order valence-electron chi connectivity index (χ1n) is 7.25. The Hall–Kier alpha value is -2.15. The van der Waals surface area contributed by atoms with Crippen molar-refractivity contribution in [3.8, 4) is 0 Å². The fraction of sp³-hybridized carbons (Fsp3) is 0.467. The fourth-order valence-corrected chi connectivity index (χ4v) is 3.02. The predicted molar refractivity (Wildman–Crippen MR) is 78.3 cm³/mol. The molecule has 0 unspecified atom stereocenters. The van der Waals surface area contributed by atoms with Crippen LogP contribution < -0.4 is 16.0 Å². The molecule has 1 aromatic carbocycles. The topological polar surface area (TPSA) is 90.5 Å². The monoisotopic (exact) mass is 307 g/mol. The smallest absolute Gasteiger partial charge is 0.319 e. The lowest BCUT2D eigenvalue weighted by Gasteiger charge is -2.40. The van der Waals surface area contributed by atoms with Crippen LogP contribution >= 0.6 is 0 Å². The number of carbonyl (C=O) groups is 2. The van der Waals surface area contributed by atoms with E-state index in [1.54, 1.807) is 18.2 Å². The van der Waals surface area contributed by atoms with Crippen LogP contribution in [0.5, 0.6) is 0 Å². The molecule has 1 aliphatic carbocycles. The van der Waals surface area contributed by atoms with Gasteiger partial charge < -0.3 is 21.1 Å². The van der Waals surface area contributed by atoms with E-state index in [1.807, 2.05) is 0 Å². The maximum Gasteiger partial charge on any atom is 0.319 e. The highest BCUT2D eigenvalue weighted by Gasteiger charge is 2.44. The highest BCUT2D eigenvalue weighted by Crippen LogP contribution is 2.40. The summed E-state index contributed by atoms with van der Waals surface area (Å²) in [5.74, 6) is -0.171. The molecule has 0 radical (unpaired) electrons. The zero-order chi connectivity index (χ0) is 15.7. The van der Waals surface area contributed by atoms with Gasteiger partial charge in [-0.3, -0.25) is 4.79 Å². The minimum atomic E-state index is -1.43. The number of alkyl halides is 1. The molecule has 3 amide bonds. The molecule has 22 heavy (non-hydrogen) atoms. The van der Waals surface area contributed by atoms with E-state index in [1.165, 1.54) is 0 Å². The van der Waals surface area contributed by atoms with Gasteiger partial charge in [-0.1, -0.05) is 6.07 Å². The van der Waals surface area contributed by atoms with Crippen LogP contribution in [0.4, 0.5) is 14.9 Å². The van der Waals surface area contributed by atoms with Crippen LogP contribution in [-0.4, -0.2) is 35.9 Å². The van der Waals surface area contributed by atoms with Crippen molar-refractivity contribution in [2.45, 2.75) is 25.1 Å². The number of hydrogen-bond acceptors (Lipinski definition) is 3. The fourth-order valence-electron chi connectivity index (χ4n) is 3.02. The number of aliphatic hydroxyl groups is 1. The molecule has 7 heteroatoms. The van der Waals surface area contributed by atoms with Gasteiger partial charge in [-0.05, 0) is 30.9 Å². The number of fused-ring (bicyclic) bond motifs is 1. The first-order chi connectivity index (χ1) is 10.5. The van der Waals surface area contributed by atoms with Crippen molar-refractivity contribution in [1.29, 1.82) is 0 Å². The Morgan fingerprint density at radius 3 is 2.95 bits per heavy atom. The van der Waals surface area contributed by atoms with Crippen LogP contribution in [0.2, 0.25) is 0 Å². The van der Waals surface area contributed by atoms with Gasteiger partial charge in [0.15, 0.2) is 0 Å². The molecule has 0 bridgehead atoms. The lowest BCUT2D eigenvalue weighted by Crippen LogP contribution is -2.50. The molecule has 1 saturated carbocycles. The van der Waals surface area contributed by atoms with Gasteiger partial charge in [-0.2, -0.15) is 0 Å². The van der Waals surface area contributed by atoms with Crippen LogP contribution in [0.1, 0.15) is 28.8 Å². The van der Waals surface area contributed by atoms with Gasteiger partial charge in [-0.15, -0.1) is 0 Å². The van der Waals surface area contributed by atoms with Crippen molar-refractivity contribution < 1.29 is 19.1 Å². The molecule has 4 N–H and O–H groups in total. The van der Waals surface area contributed by atoms with E-state index < -0.39 is 11.7 Å².